The first-order chi connectivity index (χ1) is 5.49. The molecule has 12 heavy (non-hydrogen) atoms. The second-order valence-electron chi connectivity index (χ2n) is 2.69. The highest BCUT2D eigenvalue weighted by Crippen LogP contribution is 2.06. The maximum absolute atomic E-state index is 10.5. The lowest BCUT2D eigenvalue weighted by atomic mass is 10.00. The van der Waals surface area contributed by atoms with Gasteiger partial charge in [-0.3, -0.25) is 0 Å². The van der Waals surface area contributed by atoms with Gasteiger partial charge in [-0.25, -0.2) is 4.79 Å². The summed E-state index contributed by atoms with van der Waals surface area (Å²) in [5, 5.41) is 12.6. The molecule has 0 bridgehead atoms. The van der Waals surface area contributed by atoms with Gasteiger partial charge < -0.3 is 21.0 Å². The van der Waals surface area contributed by atoms with Crippen molar-refractivity contribution >= 4 is 12.0 Å². The predicted molar refractivity (Wildman–Crippen MR) is 41.0 cm³/mol. The van der Waals surface area contributed by atoms with E-state index in [1.54, 1.807) is 6.92 Å². The molecule has 0 aromatic heterocycles. The molecular formula is C7H13N2O3-. The quantitative estimate of drug-likeness (QED) is 0.560. The molecule has 0 rings (SSSR count). The Morgan fingerprint density at radius 2 is 2.08 bits per heavy atom. The van der Waals surface area contributed by atoms with E-state index < -0.39 is 18.0 Å². The lowest BCUT2D eigenvalue weighted by Crippen LogP contribution is -2.52. The number of hydrogen-bond acceptors (Lipinski definition) is 3. The SMILES string of the molecule is CC[C@H](C)[C@@H](NC(N)=O)C(=O)[O-]. The van der Waals surface area contributed by atoms with Gasteiger partial charge >= 0.3 is 6.03 Å². The number of carbonyl (C=O) groups excluding carboxylic acids is 2. The van der Waals surface area contributed by atoms with Crippen LogP contribution in [0.25, 0.3) is 0 Å². The van der Waals surface area contributed by atoms with Crippen LogP contribution in [0.4, 0.5) is 4.79 Å². The molecular weight excluding hydrogens is 160 g/mol. The molecule has 0 aromatic carbocycles. The smallest absolute Gasteiger partial charge is 0.312 e. The van der Waals surface area contributed by atoms with Crippen LogP contribution in [0, 0.1) is 5.92 Å². The van der Waals surface area contributed by atoms with Crippen LogP contribution >= 0.6 is 0 Å². The fourth-order valence-corrected chi connectivity index (χ4v) is 0.822. The molecule has 2 atom stereocenters. The van der Waals surface area contributed by atoms with E-state index in [0.29, 0.717) is 6.42 Å². The molecule has 0 unspecified atom stereocenters. The number of hydrogen-bond donors (Lipinski definition) is 2. The summed E-state index contributed by atoms with van der Waals surface area (Å²) in [4.78, 5) is 20.8. The molecule has 0 fully saturated rings. The van der Waals surface area contributed by atoms with Gasteiger partial charge in [0.1, 0.15) is 0 Å². The summed E-state index contributed by atoms with van der Waals surface area (Å²) >= 11 is 0. The first-order valence-electron chi connectivity index (χ1n) is 3.75. The van der Waals surface area contributed by atoms with Crippen molar-refractivity contribution in [2.24, 2.45) is 11.7 Å². The van der Waals surface area contributed by atoms with E-state index in [1.165, 1.54) is 0 Å². The highest BCUT2D eigenvalue weighted by Gasteiger charge is 2.17. The van der Waals surface area contributed by atoms with Crippen LogP contribution in [-0.4, -0.2) is 18.0 Å². The summed E-state index contributed by atoms with van der Waals surface area (Å²) in [6, 6.07) is -1.84. The number of urea groups is 1. The summed E-state index contributed by atoms with van der Waals surface area (Å²) in [6.45, 7) is 3.53. The Balaban J connectivity index is 4.22. The van der Waals surface area contributed by atoms with Gasteiger partial charge in [-0.1, -0.05) is 20.3 Å². The van der Waals surface area contributed by atoms with Crippen molar-refractivity contribution in [2.75, 3.05) is 0 Å². The first kappa shape index (κ1) is 10.7. The van der Waals surface area contributed by atoms with Crippen LogP contribution in [-0.2, 0) is 4.79 Å². The maximum atomic E-state index is 10.5. The Morgan fingerprint density at radius 3 is 2.33 bits per heavy atom. The van der Waals surface area contributed by atoms with Gasteiger partial charge in [-0.15, -0.1) is 0 Å². The Bertz CT molecular complexity index is 181. The minimum absolute atomic E-state index is 0.178. The zero-order chi connectivity index (χ0) is 9.72. The predicted octanol–water partition coefficient (Wildman–Crippen LogP) is -1.18. The van der Waals surface area contributed by atoms with Crippen LogP contribution in [0.5, 0.6) is 0 Å². The zero-order valence-electron chi connectivity index (χ0n) is 7.16. The van der Waals surface area contributed by atoms with Crippen LogP contribution in [0.1, 0.15) is 20.3 Å². The van der Waals surface area contributed by atoms with E-state index in [0.717, 1.165) is 0 Å². The largest absolute Gasteiger partial charge is 0.548 e. The van der Waals surface area contributed by atoms with E-state index >= 15 is 0 Å². The second kappa shape index (κ2) is 4.58. The van der Waals surface area contributed by atoms with E-state index in [1.807, 2.05) is 6.92 Å². The van der Waals surface area contributed by atoms with Gasteiger partial charge in [0, 0.05) is 0 Å². The van der Waals surface area contributed by atoms with Crippen molar-refractivity contribution in [1.29, 1.82) is 0 Å². The van der Waals surface area contributed by atoms with Crippen LogP contribution in [0.2, 0.25) is 0 Å². The molecule has 0 spiro atoms. The Morgan fingerprint density at radius 1 is 1.58 bits per heavy atom. The summed E-state index contributed by atoms with van der Waals surface area (Å²) in [5.41, 5.74) is 4.78. The third-order valence-corrected chi connectivity index (χ3v) is 1.76. The molecule has 70 valence electrons. The standard InChI is InChI=1S/C7H14N2O3/c1-3-4(2)5(6(10)11)9-7(8)12/h4-5H,3H2,1-2H3,(H,10,11)(H3,8,9,12)/p-1/t4-,5+/m0/s1. The Hall–Kier alpha value is -1.26. The maximum Gasteiger partial charge on any atom is 0.312 e. The van der Waals surface area contributed by atoms with Crippen molar-refractivity contribution in [3.63, 3.8) is 0 Å². The fraction of sp³-hybridized carbons (Fsp3) is 0.714. The molecule has 5 heteroatoms. The summed E-state index contributed by atoms with van der Waals surface area (Å²) < 4.78 is 0. The van der Waals surface area contributed by atoms with Crippen molar-refractivity contribution in [1.82, 2.24) is 5.32 Å². The molecule has 0 radical (unpaired) electrons. The summed E-state index contributed by atoms with van der Waals surface area (Å²) in [6.07, 6.45) is 0.638. The van der Waals surface area contributed by atoms with Crippen LogP contribution < -0.4 is 16.2 Å². The average molecular weight is 173 g/mol. The van der Waals surface area contributed by atoms with E-state index in [-0.39, 0.29) is 5.92 Å². The van der Waals surface area contributed by atoms with Gasteiger partial charge in [-0.05, 0) is 5.92 Å². The lowest BCUT2D eigenvalue weighted by molar-refractivity contribution is -0.309. The van der Waals surface area contributed by atoms with Crippen LogP contribution in [0.15, 0.2) is 0 Å². The summed E-state index contributed by atoms with van der Waals surface area (Å²) in [7, 11) is 0. The highest BCUT2D eigenvalue weighted by atomic mass is 16.4. The van der Waals surface area contributed by atoms with Crippen molar-refractivity contribution < 1.29 is 14.7 Å². The van der Waals surface area contributed by atoms with Crippen molar-refractivity contribution in [3.05, 3.63) is 0 Å². The first-order valence-corrected chi connectivity index (χ1v) is 3.75. The fourth-order valence-electron chi connectivity index (χ4n) is 0.822. The number of carboxylic acid groups (broad SMARTS) is 1. The van der Waals surface area contributed by atoms with Gasteiger partial charge in [0.25, 0.3) is 0 Å². The average Bonchev–Trinajstić information content (AvgIpc) is 1.98. The lowest BCUT2D eigenvalue weighted by Gasteiger charge is -2.23. The van der Waals surface area contributed by atoms with E-state index in [2.05, 4.69) is 5.32 Å². The topological polar surface area (TPSA) is 95.2 Å². The second-order valence-corrected chi connectivity index (χ2v) is 2.69. The molecule has 0 aliphatic carbocycles. The number of carboxylic acids is 1. The van der Waals surface area contributed by atoms with Crippen molar-refractivity contribution in [2.45, 2.75) is 26.3 Å². The van der Waals surface area contributed by atoms with Gasteiger partial charge in [0.15, 0.2) is 0 Å². The number of aliphatic carboxylic acids is 1. The van der Waals surface area contributed by atoms with Gasteiger partial charge in [-0.2, -0.15) is 0 Å². The van der Waals surface area contributed by atoms with Crippen LogP contribution in [0.3, 0.4) is 0 Å². The molecule has 0 aliphatic heterocycles. The molecule has 0 saturated carbocycles. The molecule has 0 saturated heterocycles. The molecule has 0 heterocycles. The minimum Gasteiger partial charge on any atom is -0.548 e. The third-order valence-electron chi connectivity index (χ3n) is 1.76. The zero-order valence-corrected chi connectivity index (χ0v) is 7.16. The molecule has 5 nitrogen and oxygen atoms in total. The summed E-state index contributed by atoms with van der Waals surface area (Å²) in [5.74, 6) is -1.48. The number of rotatable bonds is 4. The molecule has 0 aliphatic rings. The normalized spacial score (nSPS) is 14.8. The Kier molecular flexibility index (Phi) is 4.10. The monoisotopic (exact) mass is 173 g/mol. The number of carbonyl (C=O) groups is 2. The number of amides is 2. The minimum atomic E-state index is -1.30. The van der Waals surface area contributed by atoms with Gasteiger partial charge in [0.05, 0.1) is 12.0 Å². The van der Waals surface area contributed by atoms with Gasteiger partial charge in [0.2, 0.25) is 0 Å². The number of primary amides is 1. The number of nitrogens with one attached hydrogen (secondary N) is 1. The molecule has 3 N–H and O–H groups in total. The van der Waals surface area contributed by atoms with E-state index in [4.69, 9.17) is 5.73 Å². The highest BCUT2D eigenvalue weighted by molar-refractivity contribution is 5.80. The molecule has 0 aromatic rings. The Labute approximate surface area is 70.9 Å². The third kappa shape index (κ3) is 3.23. The van der Waals surface area contributed by atoms with E-state index in [9.17, 15) is 14.7 Å². The van der Waals surface area contributed by atoms with Crippen molar-refractivity contribution in [3.8, 4) is 0 Å². The molecule has 2 amide bonds. The number of nitrogens with two attached hydrogens (primary N) is 1.